The highest BCUT2D eigenvalue weighted by Gasteiger charge is 2.14. The number of aromatic nitrogens is 3. The monoisotopic (exact) mass is 355 g/mol. The van der Waals surface area contributed by atoms with Gasteiger partial charge in [-0.15, -0.1) is 10.2 Å². The summed E-state index contributed by atoms with van der Waals surface area (Å²) >= 11 is 1.67. The van der Waals surface area contributed by atoms with Crippen LogP contribution in [0.2, 0.25) is 0 Å². The van der Waals surface area contributed by atoms with Crippen LogP contribution in [0, 0.1) is 0 Å². The molecular formula is C19H21N3O2S. The van der Waals surface area contributed by atoms with Crippen molar-refractivity contribution >= 4 is 11.8 Å². The summed E-state index contributed by atoms with van der Waals surface area (Å²) in [5.41, 5.74) is 2.19. The van der Waals surface area contributed by atoms with Crippen molar-refractivity contribution in [2.45, 2.75) is 24.4 Å². The Morgan fingerprint density at radius 2 is 1.68 bits per heavy atom. The van der Waals surface area contributed by atoms with Crippen LogP contribution in [0.4, 0.5) is 0 Å². The molecule has 0 aliphatic rings. The highest BCUT2D eigenvalue weighted by molar-refractivity contribution is 7.98. The van der Waals surface area contributed by atoms with E-state index in [-0.39, 0.29) is 0 Å². The lowest BCUT2D eigenvalue weighted by Gasteiger charge is -2.09. The molecule has 0 saturated carbocycles. The normalized spacial score (nSPS) is 10.7. The van der Waals surface area contributed by atoms with Crippen molar-refractivity contribution < 1.29 is 9.47 Å². The van der Waals surface area contributed by atoms with Crippen molar-refractivity contribution in [3.63, 3.8) is 0 Å². The molecule has 5 nitrogen and oxygen atoms in total. The molecule has 1 aromatic heterocycles. The largest absolute Gasteiger partial charge is 0.497 e. The highest BCUT2D eigenvalue weighted by atomic mass is 32.2. The van der Waals surface area contributed by atoms with Crippen LogP contribution < -0.4 is 9.47 Å². The maximum absolute atomic E-state index is 5.31. The standard InChI is InChI=1S/C19H21N3O2S/c1-4-22-18(15-8-6-10-17(12-15)24-3)20-21-19(22)25-13-14-7-5-9-16(11-14)23-2/h5-12H,4,13H2,1-3H3. The van der Waals surface area contributed by atoms with Gasteiger partial charge in [-0.25, -0.2) is 0 Å². The van der Waals surface area contributed by atoms with Crippen LogP contribution in [0.3, 0.4) is 0 Å². The Kier molecular flexibility index (Phi) is 5.60. The minimum absolute atomic E-state index is 0.806. The van der Waals surface area contributed by atoms with E-state index in [1.165, 1.54) is 5.56 Å². The second-order valence-corrected chi connectivity index (χ2v) is 6.37. The fourth-order valence-corrected chi connectivity index (χ4v) is 3.51. The van der Waals surface area contributed by atoms with Crippen molar-refractivity contribution in [2.75, 3.05) is 14.2 Å². The molecule has 25 heavy (non-hydrogen) atoms. The van der Waals surface area contributed by atoms with Crippen LogP contribution in [0.25, 0.3) is 11.4 Å². The summed E-state index contributed by atoms with van der Waals surface area (Å²) in [6.45, 7) is 2.91. The van der Waals surface area contributed by atoms with Crippen molar-refractivity contribution in [1.82, 2.24) is 14.8 Å². The average molecular weight is 355 g/mol. The Labute approximate surface area is 152 Å². The van der Waals surface area contributed by atoms with E-state index >= 15 is 0 Å². The number of rotatable bonds is 7. The summed E-state index contributed by atoms with van der Waals surface area (Å²) in [6.07, 6.45) is 0. The van der Waals surface area contributed by atoms with Crippen molar-refractivity contribution in [3.05, 3.63) is 54.1 Å². The molecule has 0 bridgehead atoms. The van der Waals surface area contributed by atoms with Crippen LogP contribution in [-0.2, 0) is 12.3 Å². The van der Waals surface area contributed by atoms with Gasteiger partial charge in [0.05, 0.1) is 14.2 Å². The third-order valence-corrected chi connectivity index (χ3v) is 4.90. The van der Waals surface area contributed by atoms with E-state index in [1.54, 1.807) is 26.0 Å². The van der Waals surface area contributed by atoms with Gasteiger partial charge < -0.3 is 14.0 Å². The summed E-state index contributed by atoms with van der Waals surface area (Å²) in [5.74, 6) is 3.35. The summed E-state index contributed by atoms with van der Waals surface area (Å²) < 4.78 is 12.7. The number of ether oxygens (including phenoxy) is 2. The van der Waals surface area contributed by atoms with Gasteiger partial charge >= 0.3 is 0 Å². The lowest BCUT2D eigenvalue weighted by molar-refractivity contribution is 0.414. The van der Waals surface area contributed by atoms with Crippen molar-refractivity contribution in [1.29, 1.82) is 0 Å². The fraction of sp³-hybridized carbons (Fsp3) is 0.263. The molecule has 0 fully saturated rings. The first-order valence-corrected chi connectivity index (χ1v) is 9.07. The van der Waals surface area contributed by atoms with Gasteiger partial charge in [-0.1, -0.05) is 36.0 Å². The van der Waals surface area contributed by atoms with Crippen LogP contribution in [0.1, 0.15) is 12.5 Å². The second kappa shape index (κ2) is 8.07. The molecule has 0 spiro atoms. The number of thioether (sulfide) groups is 1. The van der Waals surface area contributed by atoms with Gasteiger partial charge in [0.15, 0.2) is 11.0 Å². The van der Waals surface area contributed by atoms with E-state index in [9.17, 15) is 0 Å². The quantitative estimate of drug-likeness (QED) is 0.592. The van der Waals surface area contributed by atoms with E-state index < -0.39 is 0 Å². The Bertz CT molecular complexity index is 848. The smallest absolute Gasteiger partial charge is 0.191 e. The van der Waals surface area contributed by atoms with E-state index in [1.807, 2.05) is 42.5 Å². The molecule has 3 aromatic rings. The highest BCUT2D eigenvalue weighted by Crippen LogP contribution is 2.28. The molecule has 2 aromatic carbocycles. The lowest BCUT2D eigenvalue weighted by Crippen LogP contribution is -2.00. The summed E-state index contributed by atoms with van der Waals surface area (Å²) in [6, 6.07) is 16.0. The van der Waals surface area contributed by atoms with Gasteiger partial charge in [0, 0.05) is 17.9 Å². The third-order valence-electron chi connectivity index (χ3n) is 3.86. The molecule has 0 saturated heterocycles. The van der Waals surface area contributed by atoms with E-state index in [0.717, 1.165) is 40.3 Å². The molecule has 0 N–H and O–H groups in total. The van der Waals surface area contributed by atoms with Crippen LogP contribution in [-0.4, -0.2) is 29.0 Å². The van der Waals surface area contributed by atoms with Gasteiger partial charge in [-0.2, -0.15) is 0 Å². The van der Waals surface area contributed by atoms with Gasteiger partial charge in [-0.3, -0.25) is 0 Å². The topological polar surface area (TPSA) is 49.2 Å². The van der Waals surface area contributed by atoms with Gasteiger partial charge in [0.25, 0.3) is 0 Å². The van der Waals surface area contributed by atoms with Crippen LogP contribution in [0.5, 0.6) is 11.5 Å². The summed E-state index contributed by atoms with van der Waals surface area (Å²) in [5, 5.41) is 9.68. The zero-order chi connectivity index (χ0) is 17.6. The molecule has 3 rings (SSSR count). The molecule has 0 aliphatic heterocycles. The first-order valence-electron chi connectivity index (χ1n) is 8.08. The van der Waals surface area contributed by atoms with Crippen LogP contribution in [0.15, 0.2) is 53.7 Å². The molecule has 0 aliphatic carbocycles. The molecule has 1 heterocycles. The zero-order valence-corrected chi connectivity index (χ0v) is 15.4. The molecule has 0 amide bonds. The molecule has 0 unspecified atom stereocenters. The predicted molar refractivity (Wildman–Crippen MR) is 100 cm³/mol. The summed E-state index contributed by atoms with van der Waals surface area (Å²) in [7, 11) is 3.35. The van der Waals surface area contributed by atoms with Gasteiger partial charge in [-0.05, 0) is 36.8 Å². The second-order valence-electron chi connectivity index (χ2n) is 5.42. The zero-order valence-electron chi connectivity index (χ0n) is 14.6. The first-order chi connectivity index (χ1) is 12.2. The van der Waals surface area contributed by atoms with Gasteiger partial charge in [0.1, 0.15) is 11.5 Å². The molecule has 0 radical (unpaired) electrons. The number of benzene rings is 2. The SMILES string of the molecule is CCn1c(SCc2cccc(OC)c2)nnc1-c1cccc(OC)c1. The molecule has 0 atom stereocenters. The van der Waals surface area contributed by atoms with Gasteiger partial charge in [0.2, 0.25) is 0 Å². The first kappa shape index (κ1) is 17.4. The maximum Gasteiger partial charge on any atom is 0.191 e. The maximum atomic E-state index is 5.31. The minimum atomic E-state index is 0.806. The van der Waals surface area contributed by atoms with Crippen LogP contribution >= 0.6 is 11.8 Å². The van der Waals surface area contributed by atoms with Crippen molar-refractivity contribution in [3.8, 4) is 22.9 Å². The molecule has 6 heteroatoms. The number of nitrogens with zero attached hydrogens (tertiary/aromatic N) is 3. The Hall–Kier alpha value is -2.47. The Morgan fingerprint density at radius 3 is 2.40 bits per heavy atom. The fourth-order valence-electron chi connectivity index (χ4n) is 2.57. The minimum Gasteiger partial charge on any atom is -0.497 e. The van der Waals surface area contributed by atoms with E-state index in [4.69, 9.17) is 9.47 Å². The predicted octanol–water partition coefficient (Wildman–Crippen LogP) is 4.27. The number of methoxy groups -OCH3 is 2. The Balaban J connectivity index is 1.82. The number of hydrogen-bond acceptors (Lipinski definition) is 5. The third kappa shape index (κ3) is 3.96. The Morgan fingerprint density at radius 1 is 0.960 bits per heavy atom. The van der Waals surface area contributed by atoms with Crippen molar-refractivity contribution in [2.24, 2.45) is 0 Å². The van der Waals surface area contributed by atoms with E-state index in [2.05, 4.69) is 27.8 Å². The number of hydrogen-bond donors (Lipinski definition) is 0. The lowest BCUT2D eigenvalue weighted by atomic mass is 10.2. The average Bonchev–Trinajstić information content (AvgIpc) is 3.09. The molecule has 130 valence electrons. The summed E-state index contributed by atoms with van der Waals surface area (Å²) in [4.78, 5) is 0. The molecular weight excluding hydrogens is 334 g/mol. The van der Waals surface area contributed by atoms with E-state index in [0.29, 0.717) is 0 Å².